The summed E-state index contributed by atoms with van der Waals surface area (Å²) in [7, 11) is 0. The summed E-state index contributed by atoms with van der Waals surface area (Å²) in [6.45, 7) is 10.9. The van der Waals surface area contributed by atoms with Crippen molar-refractivity contribution in [2.75, 3.05) is 11.9 Å². The fourth-order valence-corrected chi connectivity index (χ4v) is 2.99. The van der Waals surface area contributed by atoms with E-state index in [4.69, 9.17) is 0 Å². The summed E-state index contributed by atoms with van der Waals surface area (Å²) < 4.78 is 14.1. The van der Waals surface area contributed by atoms with Gasteiger partial charge in [0, 0.05) is 18.2 Å². The third kappa shape index (κ3) is 4.40. The standard InChI is InChI=1S/C21H27FN2O2/c1-6-15-9-7-8-10-17(15)24-20(26)18-16(12-23-19(18)25)13(2)11-14(3)21(4,5)22/h7-11,16,18H,2,6,12H2,1,3-5H3,(H,23,25)(H,24,26)/b14-11+/t16-,18-/m1/s1. The van der Waals surface area contributed by atoms with Crippen molar-refractivity contribution >= 4 is 17.5 Å². The van der Waals surface area contributed by atoms with Crippen molar-refractivity contribution in [1.29, 1.82) is 0 Å². The molecule has 2 N–H and O–H groups in total. The second-order valence-electron chi connectivity index (χ2n) is 7.20. The zero-order valence-corrected chi connectivity index (χ0v) is 15.9. The first-order valence-electron chi connectivity index (χ1n) is 8.88. The van der Waals surface area contributed by atoms with Gasteiger partial charge in [-0.1, -0.05) is 37.8 Å². The van der Waals surface area contributed by atoms with Crippen LogP contribution in [0.1, 0.15) is 33.3 Å². The summed E-state index contributed by atoms with van der Waals surface area (Å²) in [5.41, 5.74) is 1.33. The number of hydrogen-bond acceptors (Lipinski definition) is 2. The van der Waals surface area contributed by atoms with Crippen molar-refractivity contribution < 1.29 is 14.0 Å². The van der Waals surface area contributed by atoms with Gasteiger partial charge in [-0.3, -0.25) is 9.59 Å². The molecule has 2 amide bonds. The van der Waals surface area contributed by atoms with Crippen molar-refractivity contribution in [3.63, 3.8) is 0 Å². The summed E-state index contributed by atoms with van der Waals surface area (Å²) >= 11 is 0. The van der Waals surface area contributed by atoms with E-state index in [0.29, 0.717) is 23.4 Å². The minimum absolute atomic E-state index is 0.321. The minimum Gasteiger partial charge on any atom is -0.355 e. The maximum absolute atomic E-state index is 14.1. The summed E-state index contributed by atoms with van der Waals surface area (Å²) in [5, 5.41) is 5.59. The predicted octanol–water partition coefficient (Wildman–Crippen LogP) is 3.80. The normalized spacial score (nSPS) is 20.7. The summed E-state index contributed by atoms with van der Waals surface area (Å²) in [6, 6.07) is 7.52. The Labute approximate surface area is 154 Å². The van der Waals surface area contributed by atoms with Gasteiger partial charge >= 0.3 is 0 Å². The molecule has 0 aromatic heterocycles. The number of carbonyl (C=O) groups excluding carboxylic acids is 2. The van der Waals surface area contributed by atoms with Gasteiger partial charge in [-0.25, -0.2) is 4.39 Å². The maximum atomic E-state index is 14.1. The molecule has 1 aliphatic rings. The highest BCUT2D eigenvalue weighted by atomic mass is 19.1. The van der Waals surface area contributed by atoms with Crippen LogP contribution < -0.4 is 10.6 Å². The van der Waals surface area contributed by atoms with Gasteiger partial charge in [0.25, 0.3) is 0 Å². The molecule has 0 aliphatic carbocycles. The van der Waals surface area contributed by atoms with E-state index in [0.717, 1.165) is 12.0 Å². The Morgan fingerprint density at radius 3 is 2.69 bits per heavy atom. The van der Waals surface area contributed by atoms with E-state index >= 15 is 0 Å². The molecule has 1 heterocycles. The van der Waals surface area contributed by atoms with E-state index in [1.165, 1.54) is 13.8 Å². The largest absolute Gasteiger partial charge is 0.355 e. The van der Waals surface area contributed by atoms with Gasteiger partial charge in [-0.2, -0.15) is 0 Å². The van der Waals surface area contributed by atoms with Crippen LogP contribution in [0.2, 0.25) is 0 Å². The van der Waals surface area contributed by atoms with E-state index in [-0.39, 0.29) is 11.8 Å². The molecule has 1 aromatic rings. The molecule has 1 fully saturated rings. The molecule has 2 rings (SSSR count). The summed E-state index contributed by atoms with van der Waals surface area (Å²) in [4.78, 5) is 25.0. The molecule has 5 heteroatoms. The topological polar surface area (TPSA) is 58.2 Å². The number of rotatable bonds is 6. The smallest absolute Gasteiger partial charge is 0.237 e. The van der Waals surface area contributed by atoms with Gasteiger partial charge < -0.3 is 10.6 Å². The first kappa shape index (κ1) is 19.9. The van der Waals surface area contributed by atoms with Gasteiger partial charge in [0.2, 0.25) is 11.8 Å². The highest BCUT2D eigenvalue weighted by molar-refractivity contribution is 6.08. The first-order valence-corrected chi connectivity index (χ1v) is 8.88. The Balaban J connectivity index is 2.21. The van der Waals surface area contributed by atoms with Gasteiger partial charge in [-0.05, 0) is 50.0 Å². The molecule has 140 valence electrons. The van der Waals surface area contributed by atoms with Crippen molar-refractivity contribution in [3.05, 3.63) is 53.6 Å². The van der Waals surface area contributed by atoms with E-state index in [1.807, 2.05) is 31.2 Å². The number of hydrogen-bond donors (Lipinski definition) is 2. The number of aryl methyl sites for hydroxylation is 1. The zero-order valence-electron chi connectivity index (χ0n) is 15.9. The lowest BCUT2D eigenvalue weighted by Gasteiger charge is -2.20. The van der Waals surface area contributed by atoms with Gasteiger partial charge in [0.05, 0.1) is 0 Å². The van der Waals surface area contributed by atoms with Crippen LogP contribution in [0.5, 0.6) is 0 Å². The number of allylic oxidation sites excluding steroid dienone is 2. The van der Waals surface area contributed by atoms with E-state index in [1.54, 1.807) is 13.0 Å². The molecule has 2 atom stereocenters. The van der Waals surface area contributed by atoms with Crippen LogP contribution >= 0.6 is 0 Å². The Morgan fingerprint density at radius 2 is 2.08 bits per heavy atom. The fraction of sp³-hybridized carbons (Fsp3) is 0.429. The zero-order chi connectivity index (χ0) is 19.5. The molecule has 0 bridgehead atoms. The molecule has 0 saturated carbocycles. The minimum atomic E-state index is -1.48. The SMILES string of the molecule is C=C(/C=C(\C)C(C)(C)F)[C@H]1CNC(=O)[C@@H]1C(=O)Nc1ccccc1CC. The lowest BCUT2D eigenvalue weighted by atomic mass is 9.86. The molecule has 1 saturated heterocycles. The molecule has 26 heavy (non-hydrogen) atoms. The van der Waals surface area contributed by atoms with E-state index in [2.05, 4.69) is 17.2 Å². The number of para-hydroxylation sites is 1. The molecule has 4 nitrogen and oxygen atoms in total. The average molecular weight is 358 g/mol. The van der Waals surface area contributed by atoms with Crippen molar-refractivity contribution in [3.8, 4) is 0 Å². The second kappa shape index (κ2) is 7.85. The predicted molar refractivity (Wildman–Crippen MR) is 103 cm³/mol. The molecular weight excluding hydrogens is 331 g/mol. The van der Waals surface area contributed by atoms with Crippen LogP contribution in [0.15, 0.2) is 48.1 Å². The van der Waals surface area contributed by atoms with E-state index < -0.39 is 17.5 Å². The molecular formula is C21H27FN2O2. The summed E-state index contributed by atoms with van der Waals surface area (Å²) in [6.07, 6.45) is 2.42. The third-order valence-corrected chi connectivity index (χ3v) is 4.94. The lowest BCUT2D eigenvalue weighted by Crippen LogP contribution is -2.33. The van der Waals surface area contributed by atoms with Crippen LogP contribution in [-0.4, -0.2) is 24.0 Å². The third-order valence-electron chi connectivity index (χ3n) is 4.94. The Kier molecular flexibility index (Phi) is 6.01. The van der Waals surface area contributed by atoms with Crippen LogP contribution in [0.4, 0.5) is 10.1 Å². The van der Waals surface area contributed by atoms with Crippen molar-refractivity contribution in [2.45, 2.75) is 39.8 Å². The number of amides is 2. The van der Waals surface area contributed by atoms with Crippen LogP contribution in [0.25, 0.3) is 0 Å². The van der Waals surface area contributed by atoms with Crippen LogP contribution in [0.3, 0.4) is 0 Å². The van der Waals surface area contributed by atoms with Crippen molar-refractivity contribution in [2.24, 2.45) is 11.8 Å². The number of halogens is 1. The second-order valence-corrected chi connectivity index (χ2v) is 7.20. The van der Waals surface area contributed by atoms with E-state index in [9.17, 15) is 14.0 Å². The number of carbonyl (C=O) groups is 2. The molecule has 1 aliphatic heterocycles. The highest BCUT2D eigenvalue weighted by Crippen LogP contribution is 2.30. The van der Waals surface area contributed by atoms with Gasteiger partial charge in [0.1, 0.15) is 11.6 Å². The number of anilines is 1. The number of alkyl halides is 1. The van der Waals surface area contributed by atoms with Gasteiger partial charge in [0.15, 0.2) is 0 Å². The Bertz CT molecular complexity index is 747. The lowest BCUT2D eigenvalue weighted by molar-refractivity contribution is -0.130. The number of benzene rings is 1. The highest BCUT2D eigenvalue weighted by Gasteiger charge is 2.41. The van der Waals surface area contributed by atoms with Crippen molar-refractivity contribution in [1.82, 2.24) is 5.32 Å². The first-order chi connectivity index (χ1) is 12.1. The summed E-state index contributed by atoms with van der Waals surface area (Å²) in [5.74, 6) is -1.96. The molecule has 0 unspecified atom stereocenters. The number of nitrogens with one attached hydrogen (secondary N) is 2. The quantitative estimate of drug-likeness (QED) is 0.600. The molecule has 0 radical (unpaired) electrons. The molecule has 1 aromatic carbocycles. The monoisotopic (exact) mass is 358 g/mol. The Morgan fingerprint density at radius 1 is 1.42 bits per heavy atom. The average Bonchev–Trinajstić information content (AvgIpc) is 2.96. The molecule has 0 spiro atoms. The van der Waals surface area contributed by atoms with Crippen LogP contribution in [-0.2, 0) is 16.0 Å². The maximum Gasteiger partial charge on any atom is 0.237 e. The fourth-order valence-electron chi connectivity index (χ4n) is 2.99. The Hall–Kier alpha value is -2.43. The van der Waals surface area contributed by atoms with Gasteiger partial charge in [-0.15, -0.1) is 0 Å². The van der Waals surface area contributed by atoms with Crippen LogP contribution in [0, 0.1) is 11.8 Å².